The Kier molecular flexibility index (Phi) is 8.67. The Hall–Kier alpha value is -3.17. The third-order valence-electron chi connectivity index (χ3n) is 7.00. The third kappa shape index (κ3) is 6.04. The summed E-state index contributed by atoms with van der Waals surface area (Å²) in [6.07, 6.45) is 5.05. The molecule has 0 amide bonds. The number of thioether (sulfide) groups is 1. The first-order valence-corrected chi connectivity index (χ1v) is 14.7. The predicted molar refractivity (Wildman–Crippen MR) is 153 cm³/mol. The SMILES string of the molecule is CCOc1cc(C2C(C(=O)OC3CCCCC3)=C(C)Nc3nc(SCc4ccccc4Cl)nn32)ccc1OC. The number of carbonyl (C=O) groups is 1. The summed E-state index contributed by atoms with van der Waals surface area (Å²) in [5.41, 5.74) is 3.03. The molecule has 1 N–H and O–H groups in total. The van der Waals surface area contributed by atoms with Crippen LogP contribution < -0.4 is 14.8 Å². The van der Waals surface area contributed by atoms with E-state index >= 15 is 0 Å². The second-order valence-corrected chi connectivity index (χ2v) is 11.0. The molecule has 1 aliphatic carbocycles. The summed E-state index contributed by atoms with van der Waals surface area (Å²) in [5.74, 6) is 2.06. The zero-order valence-corrected chi connectivity index (χ0v) is 24.0. The molecule has 3 aromatic rings. The Bertz CT molecular complexity index is 1370. The van der Waals surface area contributed by atoms with Gasteiger partial charge in [0.05, 0.1) is 19.3 Å². The number of aromatic nitrogens is 3. The number of benzene rings is 2. The van der Waals surface area contributed by atoms with Gasteiger partial charge in [0.25, 0.3) is 0 Å². The largest absolute Gasteiger partial charge is 0.493 e. The second kappa shape index (κ2) is 12.3. The highest BCUT2D eigenvalue weighted by Crippen LogP contribution is 2.40. The van der Waals surface area contributed by atoms with Crippen LogP contribution in [0.4, 0.5) is 5.95 Å². The minimum absolute atomic E-state index is 0.0686. The van der Waals surface area contributed by atoms with E-state index in [2.05, 4.69) is 5.32 Å². The van der Waals surface area contributed by atoms with E-state index in [4.69, 9.17) is 35.9 Å². The fourth-order valence-electron chi connectivity index (χ4n) is 5.05. The third-order valence-corrected chi connectivity index (χ3v) is 8.25. The van der Waals surface area contributed by atoms with E-state index in [1.54, 1.807) is 11.8 Å². The molecule has 1 atom stereocenters. The highest BCUT2D eigenvalue weighted by atomic mass is 35.5. The van der Waals surface area contributed by atoms with Gasteiger partial charge in [-0.25, -0.2) is 9.48 Å². The first kappa shape index (κ1) is 27.4. The summed E-state index contributed by atoms with van der Waals surface area (Å²) in [5, 5.41) is 9.41. The minimum atomic E-state index is -0.551. The van der Waals surface area contributed by atoms with Gasteiger partial charge in [-0.2, -0.15) is 4.98 Å². The smallest absolute Gasteiger partial charge is 0.338 e. The molecule has 2 heterocycles. The average Bonchev–Trinajstić information content (AvgIpc) is 3.34. The summed E-state index contributed by atoms with van der Waals surface area (Å²) in [6, 6.07) is 12.9. The highest BCUT2D eigenvalue weighted by Gasteiger charge is 2.37. The number of hydrogen-bond acceptors (Lipinski definition) is 8. The fraction of sp³-hybridized carbons (Fsp3) is 0.414. The zero-order chi connectivity index (χ0) is 27.4. The van der Waals surface area contributed by atoms with Crippen molar-refractivity contribution in [2.24, 2.45) is 0 Å². The second-order valence-electron chi connectivity index (χ2n) is 9.62. The maximum absolute atomic E-state index is 13.7. The molecule has 0 bridgehead atoms. The van der Waals surface area contributed by atoms with Gasteiger partial charge in [-0.3, -0.25) is 0 Å². The molecule has 1 aliphatic heterocycles. The molecular weight excluding hydrogens is 536 g/mol. The van der Waals surface area contributed by atoms with Gasteiger partial charge in [-0.1, -0.05) is 54.0 Å². The molecule has 1 unspecified atom stereocenters. The lowest BCUT2D eigenvalue weighted by Gasteiger charge is -2.30. The Morgan fingerprint density at radius 2 is 1.95 bits per heavy atom. The predicted octanol–water partition coefficient (Wildman–Crippen LogP) is 6.80. The van der Waals surface area contributed by atoms with Gasteiger partial charge in [-0.15, -0.1) is 5.10 Å². The van der Waals surface area contributed by atoms with Crippen LogP contribution in [0.3, 0.4) is 0 Å². The number of rotatable bonds is 9. The van der Waals surface area contributed by atoms with E-state index in [0.29, 0.717) is 51.3 Å². The number of carbonyl (C=O) groups excluding carboxylic acids is 1. The molecule has 1 fully saturated rings. The van der Waals surface area contributed by atoms with E-state index in [0.717, 1.165) is 36.8 Å². The molecule has 2 aliphatic rings. The van der Waals surface area contributed by atoms with E-state index in [1.165, 1.54) is 18.2 Å². The molecular formula is C29H33ClN4O4S. The molecule has 0 spiro atoms. The maximum Gasteiger partial charge on any atom is 0.338 e. The summed E-state index contributed by atoms with van der Waals surface area (Å²) >= 11 is 7.85. The lowest BCUT2D eigenvalue weighted by molar-refractivity contribution is -0.146. The van der Waals surface area contributed by atoms with Crippen molar-refractivity contribution in [3.05, 3.63) is 69.9 Å². The van der Waals surface area contributed by atoms with Crippen molar-refractivity contribution in [2.45, 2.75) is 69.0 Å². The first-order chi connectivity index (χ1) is 19.0. The Balaban J connectivity index is 1.51. The van der Waals surface area contributed by atoms with Crippen LogP contribution in [0, 0.1) is 0 Å². The van der Waals surface area contributed by atoms with E-state index in [9.17, 15) is 4.79 Å². The Morgan fingerprint density at radius 1 is 1.15 bits per heavy atom. The van der Waals surface area contributed by atoms with Crippen molar-refractivity contribution in [2.75, 3.05) is 19.0 Å². The topological polar surface area (TPSA) is 87.5 Å². The van der Waals surface area contributed by atoms with Crippen molar-refractivity contribution >= 4 is 35.3 Å². The van der Waals surface area contributed by atoms with Crippen LogP contribution in [-0.2, 0) is 15.3 Å². The van der Waals surface area contributed by atoms with Crippen LogP contribution in [0.25, 0.3) is 0 Å². The standard InChI is InChI=1S/C29H33ClN4O4S/c1-4-37-24-16-19(14-15-23(24)36-3)26-25(27(35)38-21-11-6-5-7-12-21)18(2)31-28-32-29(33-34(26)28)39-17-20-10-8-9-13-22(20)30/h8-10,13-16,21,26H,4-7,11-12,17H2,1-3H3,(H,31,32,33). The molecule has 1 aromatic heterocycles. The molecule has 206 valence electrons. The fourth-order valence-corrected chi connectivity index (χ4v) is 6.17. The lowest BCUT2D eigenvalue weighted by Crippen LogP contribution is -2.32. The highest BCUT2D eigenvalue weighted by molar-refractivity contribution is 7.98. The summed E-state index contributed by atoms with van der Waals surface area (Å²) in [7, 11) is 1.61. The monoisotopic (exact) mass is 568 g/mol. The van der Waals surface area contributed by atoms with Gasteiger partial charge in [-0.05, 0) is 68.9 Å². The van der Waals surface area contributed by atoms with Gasteiger partial charge in [0, 0.05) is 16.5 Å². The summed E-state index contributed by atoms with van der Waals surface area (Å²) in [4.78, 5) is 18.4. The number of fused-ring (bicyclic) bond motifs is 1. The summed E-state index contributed by atoms with van der Waals surface area (Å²) in [6.45, 7) is 4.28. The Labute approximate surface area is 238 Å². The van der Waals surface area contributed by atoms with E-state index in [1.807, 2.05) is 56.3 Å². The van der Waals surface area contributed by atoms with Crippen molar-refractivity contribution in [3.63, 3.8) is 0 Å². The Morgan fingerprint density at radius 3 is 2.69 bits per heavy atom. The van der Waals surface area contributed by atoms with Crippen LogP contribution in [0.1, 0.15) is 63.1 Å². The van der Waals surface area contributed by atoms with Gasteiger partial charge >= 0.3 is 5.97 Å². The van der Waals surface area contributed by atoms with Crippen molar-refractivity contribution in [3.8, 4) is 11.5 Å². The number of nitrogens with one attached hydrogen (secondary N) is 1. The van der Waals surface area contributed by atoms with Crippen LogP contribution in [0.2, 0.25) is 5.02 Å². The maximum atomic E-state index is 13.7. The number of methoxy groups -OCH3 is 1. The number of halogens is 1. The summed E-state index contributed by atoms with van der Waals surface area (Å²) < 4.78 is 19.2. The van der Waals surface area contributed by atoms with E-state index < -0.39 is 6.04 Å². The van der Waals surface area contributed by atoms with Crippen LogP contribution in [0.15, 0.2) is 58.9 Å². The molecule has 2 aromatic carbocycles. The molecule has 5 rings (SSSR count). The van der Waals surface area contributed by atoms with Crippen LogP contribution in [-0.4, -0.2) is 40.6 Å². The molecule has 0 radical (unpaired) electrons. The molecule has 0 saturated heterocycles. The average molecular weight is 569 g/mol. The molecule has 1 saturated carbocycles. The van der Waals surface area contributed by atoms with Crippen LogP contribution >= 0.6 is 23.4 Å². The number of nitrogens with zero attached hydrogens (tertiary/aromatic N) is 3. The number of allylic oxidation sites excluding steroid dienone is 1. The van der Waals surface area contributed by atoms with Crippen molar-refractivity contribution in [1.82, 2.24) is 14.8 Å². The number of hydrogen-bond donors (Lipinski definition) is 1. The molecule has 10 heteroatoms. The van der Waals surface area contributed by atoms with Gasteiger partial charge < -0.3 is 19.5 Å². The number of anilines is 1. The van der Waals surface area contributed by atoms with Crippen molar-refractivity contribution in [1.29, 1.82) is 0 Å². The molecule has 8 nitrogen and oxygen atoms in total. The van der Waals surface area contributed by atoms with Gasteiger partial charge in [0.1, 0.15) is 12.1 Å². The van der Waals surface area contributed by atoms with Crippen molar-refractivity contribution < 1.29 is 19.0 Å². The zero-order valence-electron chi connectivity index (χ0n) is 22.4. The van der Waals surface area contributed by atoms with Crippen LogP contribution in [0.5, 0.6) is 11.5 Å². The number of esters is 1. The molecule has 39 heavy (non-hydrogen) atoms. The minimum Gasteiger partial charge on any atom is -0.493 e. The normalized spacial score (nSPS) is 17.4. The lowest BCUT2D eigenvalue weighted by atomic mass is 9.94. The van der Waals surface area contributed by atoms with E-state index in [-0.39, 0.29) is 12.1 Å². The first-order valence-electron chi connectivity index (χ1n) is 13.3. The van der Waals surface area contributed by atoms with Gasteiger partial charge in [0.15, 0.2) is 11.5 Å². The number of ether oxygens (including phenoxy) is 3. The van der Waals surface area contributed by atoms with Gasteiger partial charge in [0.2, 0.25) is 11.1 Å². The quantitative estimate of drug-likeness (QED) is 0.223.